The summed E-state index contributed by atoms with van der Waals surface area (Å²) in [5, 5.41) is 3.58. The number of anilines is 1. The third kappa shape index (κ3) is 3.42. The first kappa shape index (κ1) is 13.3. The molecule has 18 heavy (non-hydrogen) atoms. The van der Waals surface area contributed by atoms with Gasteiger partial charge in [-0.1, -0.05) is 13.3 Å². The van der Waals surface area contributed by atoms with E-state index in [1.165, 1.54) is 19.3 Å². The van der Waals surface area contributed by atoms with Gasteiger partial charge in [0, 0.05) is 31.4 Å². The largest absolute Gasteiger partial charge is 0.358 e. The molecule has 2 rings (SSSR count). The summed E-state index contributed by atoms with van der Waals surface area (Å²) in [6.45, 7) is 6.28. The lowest BCUT2D eigenvalue weighted by Gasteiger charge is -2.29. The molecule has 1 fully saturated rings. The minimum atomic E-state index is 0.601. The zero-order chi connectivity index (χ0) is 13.0. The maximum absolute atomic E-state index is 4.53. The first-order valence-electron chi connectivity index (χ1n) is 6.98. The quantitative estimate of drug-likeness (QED) is 0.884. The number of likely N-dealkylation sites (N-methyl/N-ethyl adjacent to an activating group) is 1. The van der Waals surface area contributed by atoms with Crippen LogP contribution in [0.2, 0.25) is 0 Å². The average Bonchev–Trinajstić information content (AvgIpc) is 2.39. The fourth-order valence-electron chi connectivity index (χ4n) is 2.49. The van der Waals surface area contributed by atoms with E-state index < -0.39 is 0 Å². The first-order chi connectivity index (χ1) is 8.69. The number of piperidine rings is 1. The third-order valence-corrected chi connectivity index (χ3v) is 3.54. The van der Waals surface area contributed by atoms with Crippen molar-refractivity contribution in [2.75, 3.05) is 25.0 Å². The average molecular weight is 248 g/mol. The molecule has 1 aliphatic heterocycles. The van der Waals surface area contributed by atoms with Crippen LogP contribution in [0.5, 0.6) is 0 Å². The van der Waals surface area contributed by atoms with Gasteiger partial charge in [0.1, 0.15) is 11.6 Å². The molecule has 0 aromatic carbocycles. The van der Waals surface area contributed by atoms with Crippen molar-refractivity contribution in [3.05, 3.63) is 17.6 Å². The molecule has 1 saturated heterocycles. The maximum Gasteiger partial charge on any atom is 0.132 e. The molecular weight excluding hydrogens is 224 g/mol. The Morgan fingerprint density at radius 3 is 2.89 bits per heavy atom. The first-order valence-corrected chi connectivity index (χ1v) is 6.98. The zero-order valence-electron chi connectivity index (χ0n) is 11.7. The maximum atomic E-state index is 4.53. The third-order valence-electron chi connectivity index (χ3n) is 3.54. The van der Waals surface area contributed by atoms with Crippen LogP contribution < -0.4 is 10.2 Å². The summed E-state index contributed by atoms with van der Waals surface area (Å²) in [6, 6.07) is 2.71. The second-order valence-electron chi connectivity index (χ2n) is 5.15. The Hall–Kier alpha value is -1.16. The Kier molecular flexibility index (Phi) is 4.53. The molecule has 0 saturated carbocycles. The standard InChI is InChI=1S/C14H24N4/c1-4-12-9-14(17-11(2)16-12)18(3)10-13-7-5-6-8-15-13/h9,13,15H,4-8,10H2,1-3H3. The normalized spacial score (nSPS) is 19.8. The van der Waals surface area contributed by atoms with E-state index in [9.17, 15) is 0 Å². The number of nitrogens with zero attached hydrogens (tertiary/aromatic N) is 3. The molecule has 2 heterocycles. The molecule has 100 valence electrons. The Morgan fingerprint density at radius 2 is 2.22 bits per heavy atom. The van der Waals surface area contributed by atoms with E-state index in [0.717, 1.165) is 36.8 Å². The highest BCUT2D eigenvalue weighted by Gasteiger charge is 2.15. The molecule has 0 amide bonds. The predicted octanol–water partition coefficient (Wildman–Crippen LogP) is 1.93. The van der Waals surface area contributed by atoms with Gasteiger partial charge in [-0.2, -0.15) is 0 Å². The van der Waals surface area contributed by atoms with Crippen LogP contribution in [0.3, 0.4) is 0 Å². The van der Waals surface area contributed by atoms with Crippen LogP contribution in [-0.2, 0) is 6.42 Å². The molecule has 1 N–H and O–H groups in total. The topological polar surface area (TPSA) is 41.0 Å². The molecular formula is C14H24N4. The van der Waals surface area contributed by atoms with Crippen molar-refractivity contribution in [1.29, 1.82) is 0 Å². The van der Waals surface area contributed by atoms with Crippen molar-refractivity contribution in [1.82, 2.24) is 15.3 Å². The lowest BCUT2D eigenvalue weighted by atomic mass is 10.0. The lowest BCUT2D eigenvalue weighted by Crippen LogP contribution is -2.42. The van der Waals surface area contributed by atoms with E-state index in [1.54, 1.807) is 0 Å². The lowest BCUT2D eigenvalue weighted by molar-refractivity contribution is 0.403. The van der Waals surface area contributed by atoms with Gasteiger partial charge in [0.2, 0.25) is 0 Å². The second-order valence-corrected chi connectivity index (χ2v) is 5.15. The summed E-state index contributed by atoms with van der Waals surface area (Å²) in [6.07, 6.45) is 4.89. The molecule has 0 aliphatic carbocycles. The van der Waals surface area contributed by atoms with Crippen molar-refractivity contribution in [2.24, 2.45) is 0 Å². The molecule has 1 aromatic heterocycles. The number of hydrogen-bond acceptors (Lipinski definition) is 4. The highest BCUT2D eigenvalue weighted by atomic mass is 15.2. The van der Waals surface area contributed by atoms with Crippen molar-refractivity contribution < 1.29 is 0 Å². The van der Waals surface area contributed by atoms with Crippen LogP contribution >= 0.6 is 0 Å². The van der Waals surface area contributed by atoms with E-state index in [0.29, 0.717) is 6.04 Å². The Labute approximate surface area is 110 Å². The number of aryl methyl sites for hydroxylation is 2. The van der Waals surface area contributed by atoms with Gasteiger partial charge < -0.3 is 10.2 Å². The van der Waals surface area contributed by atoms with Crippen LogP contribution in [0, 0.1) is 6.92 Å². The number of rotatable bonds is 4. The van der Waals surface area contributed by atoms with Crippen LogP contribution in [0.25, 0.3) is 0 Å². The van der Waals surface area contributed by atoms with E-state index in [-0.39, 0.29) is 0 Å². The van der Waals surface area contributed by atoms with Crippen LogP contribution in [0.15, 0.2) is 6.07 Å². The summed E-state index contributed by atoms with van der Waals surface area (Å²) >= 11 is 0. The molecule has 0 spiro atoms. The Balaban J connectivity index is 2.02. The number of hydrogen-bond donors (Lipinski definition) is 1. The van der Waals surface area contributed by atoms with Crippen LogP contribution in [-0.4, -0.2) is 36.1 Å². The van der Waals surface area contributed by atoms with E-state index in [4.69, 9.17) is 0 Å². The van der Waals surface area contributed by atoms with Crippen LogP contribution in [0.1, 0.15) is 37.7 Å². The van der Waals surface area contributed by atoms with Gasteiger partial charge in [-0.25, -0.2) is 9.97 Å². The molecule has 1 aromatic rings. The fraction of sp³-hybridized carbons (Fsp3) is 0.714. The van der Waals surface area contributed by atoms with Crippen LogP contribution in [0.4, 0.5) is 5.82 Å². The zero-order valence-corrected chi connectivity index (χ0v) is 11.7. The fourth-order valence-corrected chi connectivity index (χ4v) is 2.49. The molecule has 1 aliphatic rings. The Morgan fingerprint density at radius 1 is 1.39 bits per heavy atom. The second kappa shape index (κ2) is 6.14. The van der Waals surface area contributed by atoms with Crippen molar-refractivity contribution in [2.45, 2.75) is 45.6 Å². The SMILES string of the molecule is CCc1cc(N(C)CC2CCCCN2)nc(C)n1. The van der Waals surface area contributed by atoms with Gasteiger partial charge in [0.05, 0.1) is 0 Å². The van der Waals surface area contributed by atoms with Gasteiger partial charge in [-0.3, -0.25) is 0 Å². The Bertz CT molecular complexity index is 385. The molecule has 0 radical (unpaired) electrons. The smallest absolute Gasteiger partial charge is 0.132 e. The molecule has 1 unspecified atom stereocenters. The highest BCUT2D eigenvalue weighted by Crippen LogP contribution is 2.14. The van der Waals surface area contributed by atoms with Gasteiger partial charge in [0.25, 0.3) is 0 Å². The van der Waals surface area contributed by atoms with Gasteiger partial charge in [-0.15, -0.1) is 0 Å². The minimum Gasteiger partial charge on any atom is -0.358 e. The molecule has 4 heteroatoms. The summed E-state index contributed by atoms with van der Waals surface area (Å²) in [5.74, 6) is 1.92. The van der Waals surface area contributed by atoms with Gasteiger partial charge >= 0.3 is 0 Å². The van der Waals surface area contributed by atoms with E-state index in [2.05, 4.69) is 40.2 Å². The summed E-state index contributed by atoms with van der Waals surface area (Å²) in [4.78, 5) is 11.2. The number of aromatic nitrogens is 2. The van der Waals surface area contributed by atoms with Crippen molar-refractivity contribution >= 4 is 5.82 Å². The summed E-state index contributed by atoms with van der Waals surface area (Å²) in [5.41, 5.74) is 1.13. The monoisotopic (exact) mass is 248 g/mol. The van der Waals surface area contributed by atoms with Gasteiger partial charge in [-0.05, 0) is 32.7 Å². The van der Waals surface area contributed by atoms with Crippen molar-refractivity contribution in [3.8, 4) is 0 Å². The highest BCUT2D eigenvalue weighted by molar-refractivity contribution is 5.39. The summed E-state index contributed by atoms with van der Waals surface area (Å²) < 4.78 is 0. The molecule has 0 bridgehead atoms. The minimum absolute atomic E-state index is 0.601. The number of nitrogens with one attached hydrogen (secondary N) is 1. The van der Waals surface area contributed by atoms with Gasteiger partial charge in [0.15, 0.2) is 0 Å². The summed E-state index contributed by atoms with van der Waals surface area (Å²) in [7, 11) is 2.12. The van der Waals surface area contributed by atoms with Crippen molar-refractivity contribution in [3.63, 3.8) is 0 Å². The molecule has 1 atom stereocenters. The molecule has 4 nitrogen and oxygen atoms in total. The van der Waals surface area contributed by atoms with E-state index in [1.807, 2.05) is 6.92 Å². The predicted molar refractivity (Wildman–Crippen MR) is 75.1 cm³/mol. The van der Waals surface area contributed by atoms with E-state index >= 15 is 0 Å².